The molecule has 0 aliphatic carbocycles. The van der Waals surface area contributed by atoms with Crippen LogP contribution in [0, 0.1) is 6.92 Å². The second-order valence-corrected chi connectivity index (χ2v) is 6.49. The number of ether oxygens (including phenoxy) is 1. The molecule has 0 radical (unpaired) electrons. The molecule has 0 fully saturated rings. The topological polar surface area (TPSA) is 56.1 Å². The Balaban J connectivity index is 1.70. The van der Waals surface area contributed by atoms with Crippen LogP contribution in [0.2, 0.25) is 0 Å². The van der Waals surface area contributed by atoms with Crippen LogP contribution in [-0.2, 0) is 6.54 Å². The molecule has 0 spiro atoms. The zero-order chi connectivity index (χ0) is 17.8. The van der Waals surface area contributed by atoms with Crippen LogP contribution < -0.4 is 10.1 Å². The van der Waals surface area contributed by atoms with Gasteiger partial charge in [0, 0.05) is 34.0 Å². The van der Waals surface area contributed by atoms with Crippen molar-refractivity contribution in [2.45, 2.75) is 13.5 Å². The minimum atomic E-state index is -0.134. The number of nitrogens with one attached hydrogen (secondary N) is 1. The normalized spacial score (nSPS) is 10.5. The van der Waals surface area contributed by atoms with E-state index in [1.165, 1.54) is 0 Å². The van der Waals surface area contributed by atoms with Crippen molar-refractivity contribution in [3.8, 4) is 11.4 Å². The fourth-order valence-corrected chi connectivity index (χ4v) is 2.97. The highest BCUT2D eigenvalue weighted by atomic mass is 79.9. The molecule has 1 amide bonds. The van der Waals surface area contributed by atoms with E-state index in [2.05, 4.69) is 26.3 Å². The molecular weight excluding hydrogens is 382 g/mol. The third-order valence-electron chi connectivity index (χ3n) is 3.89. The molecule has 0 bridgehead atoms. The van der Waals surface area contributed by atoms with Gasteiger partial charge in [0.15, 0.2) is 0 Å². The van der Waals surface area contributed by atoms with Crippen LogP contribution in [-0.4, -0.2) is 22.8 Å². The Morgan fingerprint density at radius 1 is 1.20 bits per heavy atom. The summed E-state index contributed by atoms with van der Waals surface area (Å²) < 4.78 is 8.09. The van der Waals surface area contributed by atoms with Gasteiger partial charge in [-0.1, -0.05) is 15.9 Å². The summed E-state index contributed by atoms with van der Waals surface area (Å²) >= 11 is 3.43. The monoisotopic (exact) mass is 399 g/mol. The summed E-state index contributed by atoms with van der Waals surface area (Å²) in [5.74, 6) is 0.610. The lowest BCUT2D eigenvalue weighted by Crippen LogP contribution is -2.23. The maximum Gasteiger partial charge on any atom is 0.251 e. The highest BCUT2D eigenvalue weighted by molar-refractivity contribution is 9.10. The van der Waals surface area contributed by atoms with Crippen LogP contribution >= 0.6 is 15.9 Å². The molecular formula is C19H18BrN3O2. The number of nitrogens with zero attached hydrogens (tertiary/aromatic N) is 2. The maximum atomic E-state index is 12.4. The lowest BCUT2D eigenvalue weighted by molar-refractivity contribution is 0.0950. The lowest BCUT2D eigenvalue weighted by atomic mass is 10.1. The average molecular weight is 400 g/mol. The lowest BCUT2D eigenvalue weighted by Gasteiger charge is -2.11. The number of aromatic nitrogens is 2. The Kier molecular flexibility index (Phi) is 5.19. The third kappa shape index (κ3) is 3.91. The Hall–Kier alpha value is -2.60. The fourth-order valence-electron chi connectivity index (χ4n) is 2.56. The molecule has 0 aliphatic heterocycles. The number of carbonyl (C=O) groups excluding carboxylic acids is 1. The van der Waals surface area contributed by atoms with Gasteiger partial charge in [0.25, 0.3) is 5.91 Å². The van der Waals surface area contributed by atoms with Gasteiger partial charge in [0.05, 0.1) is 12.8 Å². The smallest absolute Gasteiger partial charge is 0.251 e. The molecule has 0 aliphatic rings. The van der Waals surface area contributed by atoms with E-state index in [1.807, 2.05) is 48.0 Å². The van der Waals surface area contributed by atoms with E-state index in [-0.39, 0.29) is 5.91 Å². The van der Waals surface area contributed by atoms with Crippen molar-refractivity contribution in [1.29, 1.82) is 0 Å². The van der Waals surface area contributed by atoms with Crippen molar-refractivity contribution in [2.75, 3.05) is 7.11 Å². The number of hydrogen-bond donors (Lipinski definition) is 1. The van der Waals surface area contributed by atoms with Gasteiger partial charge in [0.2, 0.25) is 0 Å². The van der Waals surface area contributed by atoms with Crippen LogP contribution in [0.1, 0.15) is 21.6 Å². The minimum absolute atomic E-state index is 0.134. The van der Waals surface area contributed by atoms with Crippen molar-refractivity contribution >= 4 is 21.8 Å². The van der Waals surface area contributed by atoms with Crippen LogP contribution in [0.3, 0.4) is 0 Å². The summed E-state index contributed by atoms with van der Waals surface area (Å²) in [6.45, 7) is 2.38. The number of hydrogen-bond acceptors (Lipinski definition) is 3. The Labute approximate surface area is 154 Å². The predicted molar refractivity (Wildman–Crippen MR) is 100 cm³/mol. The first-order valence-corrected chi connectivity index (χ1v) is 8.59. The van der Waals surface area contributed by atoms with E-state index in [1.54, 1.807) is 25.4 Å². The second kappa shape index (κ2) is 7.53. The molecule has 1 aromatic heterocycles. The van der Waals surface area contributed by atoms with E-state index in [0.29, 0.717) is 12.1 Å². The molecule has 5 nitrogen and oxygen atoms in total. The van der Waals surface area contributed by atoms with Crippen molar-refractivity contribution in [1.82, 2.24) is 15.1 Å². The number of halogens is 1. The average Bonchev–Trinajstić information content (AvgIpc) is 3.06. The van der Waals surface area contributed by atoms with Crippen LogP contribution in [0.4, 0.5) is 0 Å². The van der Waals surface area contributed by atoms with Gasteiger partial charge in [-0.25, -0.2) is 4.68 Å². The standard InChI is InChI=1S/C19H18BrN3O2/c1-13-9-10-22-23(13)17-6-3-14(4-7-17)19(24)21-12-15-11-16(20)5-8-18(15)25-2/h3-11H,12H2,1-2H3,(H,21,24). The molecule has 3 aromatic rings. The fraction of sp³-hybridized carbons (Fsp3) is 0.158. The second-order valence-electron chi connectivity index (χ2n) is 5.57. The van der Waals surface area contributed by atoms with Gasteiger partial charge in [-0.2, -0.15) is 5.10 Å². The first kappa shape index (κ1) is 17.2. The van der Waals surface area contributed by atoms with Gasteiger partial charge >= 0.3 is 0 Å². The van der Waals surface area contributed by atoms with Crippen molar-refractivity contribution in [3.63, 3.8) is 0 Å². The molecule has 0 saturated carbocycles. The van der Waals surface area contributed by atoms with Crippen molar-refractivity contribution in [2.24, 2.45) is 0 Å². The molecule has 128 valence electrons. The van der Waals surface area contributed by atoms with E-state index in [0.717, 1.165) is 27.2 Å². The molecule has 1 heterocycles. The number of methoxy groups -OCH3 is 1. The first-order valence-electron chi connectivity index (χ1n) is 7.80. The van der Waals surface area contributed by atoms with Gasteiger partial charge in [-0.3, -0.25) is 4.79 Å². The number of aryl methyl sites for hydroxylation is 1. The molecule has 0 unspecified atom stereocenters. The van der Waals surface area contributed by atoms with Gasteiger partial charge in [0.1, 0.15) is 5.75 Å². The molecule has 6 heteroatoms. The molecule has 25 heavy (non-hydrogen) atoms. The Morgan fingerprint density at radius 2 is 1.96 bits per heavy atom. The molecule has 3 rings (SSSR count). The molecule has 0 atom stereocenters. The number of carbonyl (C=O) groups is 1. The summed E-state index contributed by atoms with van der Waals surface area (Å²) in [5, 5.41) is 7.18. The quantitative estimate of drug-likeness (QED) is 0.707. The molecule has 1 N–H and O–H groups in total. The first-order chi connectivity index (χ1) is 12.1. The van der Waals surface area contributed by atoms with Gasteiger partial charge in [-0.15, -0.1) is 0 Å². The Bertz CT molecular complexity index is 888. The SMILES string of the molecule is COc1ccc(Br)cc1CNC(=O)c1ccc(-n2nccc2C)cc1. The summed E-state index contributed by atoms with van der Waals surface area (Å²) in [6.07, 6.45) is 1.75. The predicted octanol–water partition coefficient (Wildman–Crippen LogP) is 3.88. The number of benzene rings is 2. The third-order valence-corrected chi connectivity index (χ3v) is 4.38. The van der Waals surface area contributed by atoms with Crippen molar-refractivity contribution < 1.29 is 9.53 Å². The summed E-state index contributed by atoms with van der Waals surface area (Å²) in [4.78, 5) is 12.4. The number of amides is 1. The maximum absolute atomic E-state index is 12.4. The van der Waals surface area contributed by atoms with Crippen LogP contribution in [0.25, 0.3) is 5.69 Å². The Morgan fingerprint density at radius 3 is 2.60 bits per heavy atom. The van der Waals surface area contributed by atoms with Crippen molar-refractivity contribution in [3.05, 3.63) is 76.0 Å². The largest absolute Gasteiger partial charge is 0.496 e. The molecule has 2 aromatic carbocycles. The van der Waals surface area contributed by atoms with Gasteiger partial charge < -0.3 is 10.1 Å². The van der Waals surface area contributed by atoms with Gasteiger partial charge in [-0.05, 0) is 55.5 Å². The summed E-state index contributed by atoms with van der Waals surface area (Å²) in [6, 6.07) is 15.0. The summed E-state index contributed by atoms with van der Waals surface area (Å²) in [7, 11) is 1.62. The van der Waals surface area contributed by atoms with E-state index < -0.39 is 0 Å². The van der Waals surface area contributed by atoms with Crippen LogP contribution in [0.5, 0.6) is 5.75 Å². The zero-order valence-electron chi connectivity index (χ0n) is 14.0. The minimum Gasteiger partial charge on any atom is -0.496 e. The molecule has 0 saturated heterocycles. The van der Waals surface area contributed by atoms with Crippen LogP contribution in [0.15, 0.2) is 59.2 Å². The zero-order valence-corrected chi connectivity index (χ0v) is 15.6. The van der Waals surface area contributed by atoms with E-state index in [4.69, 9.17) is 4.74 Å². The van der Waals surface area contributed by atoms with E-state index >= 15 is 0 Å². The highest BCUT2D eigenvalue weighted by Crippen LogP contribution is 2.22. The van der Waals surface area contributed by atoms with E-state index in [9.17, 15) is 4.79 Å². The number of rotatable bonds is 5. The summed E-state index contributed by atoms with van der Waals surface area (Å²) in [5.41, 5.74) is 3.48. The highest BCUT2D eigenvalue weighted by Gasteiger charge is 2.09.